The van der Waals surface area contributed by atoms with Crippen LogP contribution >= 0.6 is 27.5 Å². The van der Waals surface area contributed by atoms with Crippen molar-refractivity contribution in [1.29, 1.82) is 0 Å². The van der Waals surface area contributed by atoms with Crippen LogP contribution in [0, 0.1) is 10.1 Å². The number of aromatic nitrogens is 2. The van der Waals surface area contributed by atoms with E-state index in [1.165, 1.54) is 30.1 Å². The lowest BCUT2D eigenvalue weighted by atomic mass is 10.2. The van der Waals surface area contributed by atoms with Gasteiger partial charge in [0, 0.05) is 39.2 Å². The molecule has 4 aromatic rings. The number of hydrogen-bond donors (Lipinski definition) is 0. The van der Waals surface area contributed by atoms with Gasteiger partial charge in [0.15, 0.2) is 11.5 Å². The van der Waals surface area contributed by atoms with Crippen LogP contribution in [-0.4, -0.2) is 27.9 Å². The highest BCUT2D eigenvalue weighted by atomic mass is 79.9. The van der Waals surface area contributed by atoms with E-state index in [0.717, 1.165) is 4.47 Å². The second-order valence-corrected chi connectivity index (χ2v) is 9.74. The van der Waals surface area contributed by atoms with Crippen LogP contribution in [0.2, 0.25) is 5.02 Å². The molecule has 0 saturated carbocycles. The molecule has 1 heterocycles. The molecule has 0 amide bonds. The highest BCUT2D eigenvalue weighted by Gasteiger charge is 2.16. The summed E-state index contributed by atoms with van der Waals surface area (Å²) in [5, 5.41) is 16.2. The van der Waals surface area contributed by atoms with Crippen molar-refractivity contribution in [3.63, 3.8) is 0 Å². The molecule has 11 heteroatoms. The summed E-state index contributed by atoms with van der Waals surface area (Å²) in [6.45, 7) is 3.97. The zero-order valence-electron chi connectivity index (χ0n) is 20.1. The van der Waals surface area contributed by atoms with Crippen molar-refractivity contribution >= 4 is 50.3 Å². The minimum absolute atomic E-state index is 0.0110. The fourth-order valence-electron chi connectivity index (χ4n) is 3.63. The van der Waals surface area contributed by atoms with Gasteiger partial charge in [-0.3, -0.25) is 14.9 Å². The Bertz CT molecular complexity index is 1570. The van der Waals surface area contributed by atoms with Gasteiger partial charge in [0.25, 0.3) is 11.2 Å². The molecule has 0 radical (unpaired) electrons. The average Bonchev–Trinajstić information content (AvgIpc) is 2.87. The van der Waals surface area contributed by atoms with Gasteiger partial charge in [0.2, 0.25) is 0 Å². The molecule has 4 rings (SSSR count). The number of nitro benzene ring substituents is 1. The van der Waals surface area contributed by atoms with Crippen LogP contribution in [0.25, 0.3) is 10.9 Å². The molecule has 0 fully saturated rings. The van der Waals surface area contributed by atoms with Gasteiger partial charge in [0.05, 0.1) is 29.2 Å². The smallest absolute Gasteiger partial charge is 0.282 e. The van der Waals surface area contributed by atoms with Crippen molar-refractivity contribution in [2.24, 2.45) is 5.10 Å². The minimum Gasteiger partial charge on any atom is -0.493 e. The van der Waals surface area contributed by atoms with Crippen LogP contribution in [0.15, 0.2) is 69.0 Å². The maximum atomic E-state index is 13.3. The van der Waals surface area contributed by atoms with Gasteiger partial charge in [0.1, 0.15) is 12.4 Å². The van der Waals surface area contributed by atoms with Gasteiger partial charge in [-0.05, 0) is 42.0 Å². The van der Waals surface area contributed by atoms with E-state index >= 15 is 0 Å². The molecule has 0 N–H and O–H groups in total. The third kappa shape index (κ3) is 5.81. The highest BCUT2D eigenvalue weighted by Crippen LogP contribution is 2.34. The molecule has 0 bridgehead atoms. The van der Waals surface area contributed by atoms with Crippen LogP contribution in [0.1, 0.15) is 36.7 Å². The normalized spacial score (nSPS) is 11.4. The van der Waals surface area contributed by atoms with E-state index in [2.05, 4.69) is 26.0 Å². The van der Waals surface area contributed by atoms with Crippen LogP contribution < -0.4 is 15.0 Å². The van der Waals surface area contributed by atoms with E-state index in [0.29, 0.717) is 44.4 Å². The minimum atomic E-state index is -0.463. The fourth-order valence-corrected chi connectivity index (χ4v) is 4.21. The quantitative estimate of drug-likeness (QED) is 0.136. The first-order valence-electron chi connectivity index (χ1n) is 11.2. The van der Waals surface area contributed by atoms with Gasteiger partial charge in [-0.25, -0.2) is 4.98 Å². The Kier molecular flexibility index (Phi) is 7.89. The molecule has 37 heavy (non-hydrogen) atoms. The Morgan fingerprint density at radius 1 is 1.19 bits per heavy atom. The van der Waals surface area contributed by atoms with Crippen molar-refractivity contribution in [1.82, 2.24) is 9.66 Å². The second kappa shape index (κ2) is 11.1. The second-order valence-electron chi connectivity index (χ2n) is 8.39. The number of fused-ring (bicyclic) bond motifs is 1. The van der Waals surface area contributed by atoms with E-state index in [1.807, 2.05) is 19.9 Å². The summed E-state index contributed by atoms with van der Waals surface area (Å²) in [7, 11) is 1.48. The molecule has 3 aromatic carbocycles. The molecule has 1 aromatic heterocycles. The lowest BCUT2D eigenvalue weighted by Crippen LogP contribution is -2.23. The standard InChI is InChI=1S/C26H22BrClN4O5/c1-15(2)25-30-22-9-6-18(27)11-21(22)26(33)31(25)29-13-17-10-19(28)12-23(36-3)24(17)37-14-16-4-7-20(8-5-16)32(34)35/h4-13,15H,14H2,1-3H3. The maximum absolute atomic E-state index is 13.3. The number of ether oxygens (including phenoxy) is 2. The fraction of sp³-hybridized carbons (Fsp3) is 0.192. The van der Waals surface area contributed by atoms with Crippen LogP contribution in [0.3, 0.4) is 0 Å². The molecular formula is C26H22BrClN4O5. The molecule has 190 valence electrons. The number of hydrogen-bond acceptors (Lipinski definition) is 7. The number of non-ortho nitro benzene ring substituents is 1. The van der Waals surface area contributed by atoms with Gasteiger partial charge in [-0.2, -0.15) is 9.78 Å². The van der Waals surface area contributed by atoms with Crippen molar-refractivity contribution < 1.29 is 14.4 Å². The number of methoxy groups -OCH3 is 1. The van der Waals surface area contributed by atoms with E-state index in [9.17, 15) is 14.9 Å². The lowest BCUT2D eigenvalue weighted by molar-refractivity contribution is -0.384. The highest BCUT2D eigenvalue weighted by molar-refractivity contribution is 9.10. The monoisotopic (exact) mass is 584 g/mol. The summed E-state index contributed by atoms with van der Waals surface area (Å²) >= 11 is 9.71. The third-order valence-electron chi connectivity index (χ3n) is 5.46. The van der Waals surface area contributed by atoms with Gasteiger partial charge < -0.3 is 9.47 Å². The summed E-state index contributed by atoms with van der Waals surface area (Å²) in [5.74, 6) is 1.14. The predicted molar refractivity (Wildman–Crippen MR) is 146 cm³/mol. The first-order valence-corrected chi connectivity index (χ1v) is 12.3. The zero-order valence-corrected chi connectivity index (χ0v) is 22.5. The Balaban J connectivity index is 1.75. The van der Waals surface area contributed by atoms with Crippen molar-refractivity contribution in [3.8, 4) is 11.5 Å². The molecule has 0 aliphatic heterocycles. The van der Waals surface area contributed by atoms with E-state index in [4.69, 9.17) is 21.1 Å². The summed E-state index contributed by atoms with van der Waals surface area (Å²) in [6.07, 6.45) is 1.47. The third-order valence-corrected chi connectivity index (χ3v) is 6.17. The van der Waals surface area contributed by atoms with Crippen LogP contribution in [-0.2, 0) is 6.61 Å². The number of halogens is 2. The van der Waals surface area contributed by atoms with Crippen molar-refractivity contribution in [3.05, 3.63) is 102 Å². The summed E-state index contributed by atoms with van der Waals surface area (Å²) in [6, 6.07) is 14.6. The Morgan fingerprint density at radius 2 is 1.92 bits per heavy atom. The summed E-state index contributed by atoms with van der Waals surface area (Å²) in [4.78, 5) is 28.5. The number of nitrogens with zero attached hydrogens (tertiary/aromatic N) is 4. The maximum Gasteiger partial charge on any atom is 0.282 e. The average molecular weight is 586 g/mol. The molecule has 0 aliphatic carbocycles. The SMILES string of the molecule is COc1cc(Cl)cc(C=Nn2c(C(C)C)nc3ccc(Br)cc3c2=O)c1OCc1ccc([N+](=O)[O-])cc1. The first-order chi connectivity index (χ1) is 17.7. The molecular weight excluding hydrogens is 564 g/mol. The predicted octanol–water partition coefficient (Wildman–Crippen LogP) is 6.31. The van der Waals surface area contributed by atoms with Gasteiger partial charge >= 0.3 is 0 Å². The van der Waals surface area contributed by atoms with E-state index in [1.54, 1.807) is 36.4 Å². The molecule has 0 saturated heterocycles. The lowest BCUT2D eigenvalue weighted by Gasteiger charge is -2.15. The van der Waals surface area contributed by atoms with Crippen molar-refractivity contribution in [2.45, 2.75) is 26.4 Å². The number of nitro groups is 1. The number of benzene rings is 3. The number of rotatable bonds is 8. The van der Waals surface area contributed by atoms with E-state index in [-0.39, 0.29) is 23.8 Å². The molecule has 0 aliphatic rings. The summed E-state index contributed by atoms with van der Waals surface area (Å²) in [5.41, 5.74) is 1.45. The van der Waals surface area contributed by atoms with Gasteiger partial charge in [-0.15, -0.1) is 0 Å². The Morgan fingerprint density at radius 3 is 2.57 bits per heavy atom. The molecule has 0 spiro atoms. The van der Waals surface area contributed by atoms with E-state index < -0.39 is 4.92 Å². The topological polar surface area (TPSA) is 109 Å². The molecule has 9 nitrogen and oxygen atoms in total. The van der Waals surface area contributed by atoms with Crippen molar-refractivity contribution in [2.75, 3.05) is 7.11 Å². The molecule has 0 unspecified atom stereocenters. The van der Waals surface area contributed by atoms with Gasteiger partial charge in [-0.1, -0.05) is 41.4 Å². The first kappa shape index (κ1) is 26.3. The Hall–Kier alpha value is -3.76. The largest absolute Gasteiger partial charge is 0.493 e. The Labute approximate surface area is 225 Å². The zero-order chi connectivity index (χ0) is 26.7. The van der Waals surface area contributed by atoms with Crippen LogP contribution in [0.5, 0.6) is 11.5 Å². The summed E-state index contributed by atoms with van der Waals surface area (Å²) < 4.78 is 13.5. The molecule has 0 atom stereocenters. The van der Waals surface area contributed by atoms with Crippen LogP contribution in [0.4, 0.5) is 5.69 Å².